The maximum atomic E-state index is 11.2. The van der Waals surface area contributed by atoms with E-state index in [0.717, 1.165) is 0 Å². The van der Waals surface area contributed by atoms with Crippen LogP contribution in [0.3, 0.4) is 0 Å². The van der Waals surface area contributed by atoms with Gasteiger partial charge in [0, 0.05) is 6.61 Å². The van der Waals surface area contributed by atoms with E-state index in [2.05, 4.69) is 0 Å². The Balaban J connectivity index is 4.30. The second kappa shape index (κ2) is 5.59. The highest BCUT2D eigenvalue weighted by Gasteiger charge is 2.27. The summed E-state index contributed by atoms with van der Waals surface area (Å²) in [6.07, 6.45) is 0. The molecular formula is C9H14O4. The zero-order valence-corrected chi connectivity index (χ0v) is 8.12. The minimum atomic E-state index is -1.13. The van der Waals surface area contributed by atoms with Crippen LogP contribution in [0.25, 0.3) is 0 Å². The number of hydrogen-bond acceptors (Lipinski definition) is 4. The summed E-state index contributed by atoms with van der Waals surface area (Å²) in [5.74, 6) is -2.43. The van der Waals surface area contributed by atoms with Crippen molar-refractivity contribution in [2.75, 3.05) is 13.2 Å². The Hall–Kier alpha value is -1.03. The quantitative estimate of drug-likeness (QED) is 0.563. The Morgan fingerprint density at radius 1 is 1.15 bits per heavy atom. The summed E-state index contributed by atoms with van der Waals surface area (Å²) in [6, 6.07) is 0. The molecule has 0 aliphatic rings. The van der Waals surface area contributed by atoms with Gasteiger partial charge >= 0.3 is 0 Å². The van der Waals surface area contributed by atoms with Gasteiger partial charge < -0.3 is 4.74 Å². The molecule has 0 saturated carbocycles. The monoisotopic (exact) mass is 186 g/mol. The van der Waals surface area contributed by atoms with Crippen molar-refractivity contribution >= 4 is 17.3 Å². The molecule has 4 heteroatoms. The summed E-state index contributed by atoms with van der Waals surface area (Å²) in [5, 5.41) is 0. The maximum Gasteiger partial charge on any atom is 0.176 e. The van der Waals surface area contributed by atoms with Crippen LogP contribution in [-0.4, -0.2) is 30.6 Å². The van der Waals surface area contributed by atoms with Gasteiger partial charge in [0.25, 0.3) is 0 Å². The summed E-state index contributed by atoms with van der Waals surface area (Å²) >= 11 is 0. The first kappa shape index (κ1) is 12.0. The molecule has 74 valence electrons. The van der Waals surface area contributed by atoms with Crippen molar-refractivity contribution in [2.24, 2.45) is 5.92 Å². The lowest BCUT2D eigenvalue weighted by atomic mass is 9.96. The Kier molecular flexibility index (Phi) is 5.14. The third-order valence-electron chi connectivity index (χ3n) is 1.58. The number of ketones is 3. The van der Waals surface area contributed by atoms with Crippen LogP contribution in [0.1, 0.15) is 20.8 Å². The van der Waals surface area contributed by atoms with E-state index < -0.39 is 23.3 Å². The molecule has 0 aliphatic carbocycles. The van der Waals surface area contributed by atoms with Gasteiger partial charge in [-0.1, -0.05) is 0 Å². The molecule has 0 atom stereocenters. The molecular weight excluding hydrogens is 172 g/mol. The Morgan fingerprint density at radius 2 is 1.62 bits per heavy atom. The summed E-state index contributed by atoms with van der Waals surface area (Å²) in [7, 11) is 0. The van der Waals surface area contributed by atoms with Gasteiger partial charge in [0.2, 0.25) is 0 Å². The van der Waals surface area contributed by atoms with Crippen LogP contribution in [-0.2, 0) is 19.1 Å². The van der Waals surface area contributed by atoms with Crippen LogP contribution in [0.15, 0.2) is 0 Å². The fraction of sp³-hybridized carbons (Fsp3) is 0.667. The molecule has 0 N–H and O–H groups in total. The number of ether oxygens (including phenoxy) is 1. The maximum absolute atomic E-state index is 11.2. The first-order valence-corrected chi connectivity index (χ1v) is 4.12. The average Bonchev–Trinajstić information content (AvgIpc) is 1.99. The van der Waals surface area contributed by atoms with Gasteiger partial charge in [0.15, 0.2) is 5.78 Å². The minimum absolute atomic E-state index is 0.166. The Morgan fingerprint density at radius 3 is 1.92 bits per heavy atom. The number of Topliss-reactive ketones (excluding diaryl/α,β-unsaturated/α-hetero) is 3. The van der Waals surface area contributed by atoms with E-state index in [1.165, 1.54) is 13.8 Å². The SMILES string of the molecule is CCOCC(=O)C(C(C)=O)C(C)=O. The van der Waals surface area contributed by atoms with E-state index >= 15 is 0 Å². The van der Waals surface area contributed by atoms with Gasteiger partial charge in [0.05, 0.1) is 0 Å². The molecule has 0 spiro atoms. The lowest BCUT2D eigenvalue weighted by Crippen LogP contribution is -2.31. The molecule has 0 aromatic rings. The zero-order chi connectivity index (χ0) is 10.4. The largest absolute Gasteiger partial charge is 0.374 e. The van der Waals surface area contributed by atoms with Crippen LogP contribution >= 0.6 is 0 Å². The molecule has 0 heterocycles. The lowest BCUT2D eigenvalue weighted by Gasteiger charge is -2.08. The van der Waals surface area contributed by atoms with Gasteiger partial charge in [-0.25, -0.2) is 0 Å². The molecule has 0 aromatic carbocycles. The van der Waals surface area contributed by atoms with Gasteiger partial charge in [0.1, 0.15) is 24.1 Å². The van der Waals surface area contributed by atoms with Crippen molar-refractivity contribution in [1.29, 1.82) is 0 Å². The molecule has 0 saturated heterocycles. The molecule has 13 heavy (non-hydrogen) atoms. The summed E-state index contributed by atoms with van der Waals surface area (Å²) in [5.41, 5.74) is 0. The predicted octanol–water partition coefficient (Wildman–Crippen LogP) is 0.386. The Labute approximate surface area is 77.3 Å². The highest BCUT2D eigenvalue weighted by Crippen LogP contribution is 2.02. The standard InChI is InChI=1S/C9H14O4/c1-4-13-5-8(12)9(6(2)10)7(3)11/h9H,4-5H2,1-3H3. The molecule has 0 unspecified atom stereocenters. The fourth-order valence-corrected chi connectivity index (χ4v) is 1.03. The molecule has 0 aromatic heterocycles. The van der Waals surface area contributed by atoms with Gasteiger partial charge in [-0.3, -0.25) is 14.4 Å². The second-order valence-corrected chi connectivity index (χ2v) is 2.76. The van der Waals surface area contributed by atoms with Gasteiger partial charge in [-0.05, 0) is 20.8 Å². The first-order chi connectivity index (χ1) is 6.00. The number of rotatable bonds is 6. The van der Waals surface area contributed by atoms with E-state index in [1.807, 2.05) is 0 Å². The van der Waals surface area contributed by atoms with Gasteiger partial charge in [-0.2, -0.15) is 0 Å². The van der Waals surface area contributed by atoms with Crippen LogP contribution < -0.4 is 0 Å². The van der Waals surface area contributed by atoms with E-state index in [1.54, 1.807) is 6.92 Å². The molecule has 0 rings (SSSR count). The topological polar surface area (TPSA) is 60.4 Å². The van der Waals surface area contributed by atoms with Crippen LogP contribution in [0.2, 0.25) is 0 Å². The number of carbonyl (C=O) groups is 3. The third kappa shape index (κ3) is 3.94. The normalized spacial score (nSPS) is 10.2. The zero-order valence-electron chi connectivity index (χ0n) is 8.12. The second-order valence-electron chi connectivity index (χ2n) is 2.76. The van der Waals surface area contributed by atoms with Crippen LogP contribution in [0, 0.1) is 5.92 Å². The molecule has 0 bridgehead atoms. The average molecular weight is 186 g/mol. The lowest BCUT2D eigenvalue weighted by molar-refractivity contribution is -0.140. The van der Waals surface area contributed by atoms with Crippen molar-refractivity contribution in [3.8, 4) is 0 Å². The van der Waals surface area contributed by atoms with Crippen LogP contribution in [0.5, 0.6) is 0 Å². The summed E-state index contributed by atoms with van der Waals surface area (Å²) < 4.78 is 4.82. The van der Waals surface area contributed by atoms with E-state index in [4.69, 9.17) is 4.74 Å². The van der Waals surface area contributed by atoms with E-state index in [-0.39, 0.29) is 6.61 Å². The molecule has 4 nitrogen and oxygen atoms in total. The van der Waals surface area contributed by atoms with E-state index in [9.17, 15) is 14.4 Å². The molecule has 0 radical (unpaired) electrons. The van der Waals surface area contributed by atoms with Crippen molar-refractivity contribution in [3.05, 3.63) is 0 Å². The third-order valence-corrected chi connectivity index (χ3v) is 1.58. The first-order valence-electron chi connectivity index (χ1n) is 4.12. The highest BCUT2D eigenvalue weighted by molar-refractivity contribution is 6.18. The summed E-state index contributed by atoms with van der Waals surface area (Å²) in [4.78, 5) is 33.0. The van der Waals surface area contributed by atoms with Crippen molar-refractivity contribution in [1.82, 2.24) is 0 Å². The van der Waals surface area contributed by atoms with Crippen molar-refractivity contribution < 1.29 is 19.1 Å². The summed E-state index contributed by atoms with van der Waals surface area (Å²) in [6.45, 7) is 4.43. The van der Waals surface area contributed by atoms with E-state index in [0.29, 0.717) is 6.61 Å². The highest BCUT2D eigenvalue weighted by atomic mass is 16.5. The number of carbonyl (C=O) groups excluding carboxylic acids is 3. The molecule has 0 amide bonds. The minimum Gasteiger partial charge on any atom is -0.374 e. The Bertz CT molecular complexity index is 206. The van der Waals surface area contributed by atoms with Gasteiger partial charge in [-0.15, -0.1) is 0 Å². The predicted molar refractivity (Wildman–Crippen MR) is 46.4 cm³/mol. The molecule has 0 aliphatic heterocycles. The van der Waals surface area contributed by atoms with Crippen molar-refractivity contribution in [3.63, 3.8) is 0 Å². The fourth-order valence-electron chi connectivity index (χ4n) is 1.03. The smallest absolute Gasteiger partial charge is 0.176 e. The molecule has 0 fully saturated rings. The number of hydrogen-bond donors (Lipinski definition) is 0. The van der Waals surface area contributed by atoms with Crippen molar-refractivity contribution in [2.45, 2.75) is 20.8 Å². The van der Waals surface area contributed by atoms with Crippen LogP contribution in [0.4, 0.5) is 0 Å².